The molecule has 1 saturated carbocycles. The van der Waals surface area contributed by atoms with Crippen LogP contribution in [-0.2, 0) is 5.75 Å². The van der Waals surface area contributed by atoms with Crippen LogP contribution in [0.25, 0.3) is 21.6 Å². The number of H-pyrrole nitrogens is 1. The van der Waals surface area contributed by atoms with Crippen molar-refractivity contribution >= 4 is 33.3 Å². The molecule has 5 rings (SSSR count). The minimum atomic E-state index is -0.298. The van der Waals surface area contributed by atoms with Crippen molar-refractivity contribution in [2.75, 3.05) is 0 Å². The number of aromatic amines is 1. The van der Waals surface area contributed by atoms with Gasteiger partial charge >= 0.3 is 0 Å². The van der Waals surface area contributed by atoms with E-state index in [9.17, 15) is 9.18 Å². The molecule has 1 N–H and O–H groups in total. The first-order valence-electron chi connectivity index (χ1n) is 10.8. The number of rotatable bonds is 5. The Balaban J connectivity index is 1.49. The molecule has 9 heteroatoms. The van der Waals surface area contributed by atoms with E-state index in [1.54, 1.807) is 23.5 Å². The molecule has 1 aromatic carbocycles. The van der Waals surface area contributed by atoms with E-state index in [2.05, 4.69) is 24.7 Å². The van der Waals surface area contributed by atoms with Crippen molar-refractivity contribution < 1.29 is 4.39 Å². The number of hydrogen-bond acceptors (Lipinski definition) is 6. The zero-order chi connectivity index (χ0) is 22.2. The first-order chi connectivity index (χ1) is 15.5. The quantitative estimate of drug-likeness (QED) is 0.374. The number of aryl methyl sites for hydroxylation is 2. The van der Waals surface area contributed by atoms with E-state index in [4.69, 9.17) is 0 Å². The molecule has 4 aromatic rings. The third-order valence-corrected chi connectivity index (χ3v) is 8.20. The highest BCUT2D eigenvalue weighted by Gasteiger charge is 2.25. The highest BCUT2D eigenvalue weighted by molar-refractivity contribution is 7.98. The lowest BCUT2D eigenvalue weighted by molar-refractivity contribution is 0.339. The Kier molecular flexibility index (Phi) is 5.86. The van der Waals surface area contributed by atoms with Crippen LogP contribution in [0.15, 0.2) is 34.2 Å². The normalized spacial score (nSPS) is 15.0. The smallest absolute Gasteiger partial charge is 0.259 e. The van der Waals surface area contributed by atoms with Crippen LogP contribution >= 0.6 is 23.1 Å². The van der Waals surface area contributed by atoms with E-state index in [0.717, 1.165) is 46.1 Å². The third-order valence-electron chi connectivity index (χ3n) is 6.15. The standard InChI is InChI=1S/C23H24FN5OS2/c1-13-14(2)32-22-19(13)21(30)25-18(26-22)12-31-23-28-27-20(16-10-6-7-11-17(16)24)29(23)15-8-4-3-5-9-15/h6-7,10-11,15H,3-5,8-9,12H2,1-2H3,(H,25,26,30). The van der Waals surface area contributed by atoms with Crippen molar-refractivity contribution in [2.45, 2.75) is 62.9 Å². The van der Waals surface area contributed by atoms with Crippen molar-refractivity contribution in [3.63, 3.8) is 0 Å². The van der Waals surface area contributed by atoms with Crippen molar-refractivity contribution in [3.8, 4) is 11.4 Å². The number of fused-ring (bicyclic) bond motifs is 1. The molecular weight excluding hydrogens is 445 g/mol. The summed E-state index contributed by atoms with van der Waals surface area (Å²) in [6.45, 7) is 3.96. The summed E-state index contributed by atoms with van der Waals surface area (Å²) in [7, 11) is 0. The summed E-state index contributed by atoms with van der Waals surface area (Å²) in [6.07, 6.45) is 5.57. The topological polar surface area (TPSA) is 76.5 Å². The lowest BCUT2D eigenvalue weighted by Gasteiger charge is -2.25. The molecule has 32 heavy (non-hydrogen) atoms. The van der Waals surface area contributed by atoms with Gasteiger partial charge in [-0.15, -0.1) is 21.5 Å². The number of nitrogens with zero attached hydrogens (tertiary/aromatic N) is 4. The number of nitrogens with one attached hydrogen (secondary N) is 1. The fourth-order valence-electron chi connectivity index (χ4n) is 4.37. The molecule has 0 radical (unpaired) electrons. The maximum atomic E-state index is 14.6. The van der Waals surface area contributed by atoms with Gasteiger partial charge in [0.25, 0.3) is 5.56 Å². The van der Waals surface area contributed by atoms with Gasteiger partial charge in [-0.1, -0.05) is 43.2 Å². The molecule has 0 atom stereocenters. The Labute approximate surface area is 193 Å². The molecule has 1 fully saturated rings. The van der Waals surface area contributed by atoms with Gasteiger partial charge in [0.05, 0.1) is 16.7 Å². The summed E-state index contributed by atoms with van der Waals surface area (Å²) in [5.74, 6) is 1.34. The van der Waals surface area contributed by atoms with E-state index in [1.807, 2.05) is 19.9 Å². The van der Waals surface area contributed by atoms with Crippen LogP contribution in [0.5, 0.6) is 0 Å². The molecule has 0 bridgehead atoms. The van der Waals surface area contributed by atoms with E-state index >= 15 is 0 Å². The van der Waals surface area contributed by atoms with Gasteiger partial charge < -0.3 is 4.98 Å². The number of halogens is 1. The van der Waals surface area contributed by atoms with Gasteiger partial charge in [-0.2, -0.15) is 0 Å². The highest BCUT2D eigenvalue weighted by atomic mass is 32.2. The molecule has 3 aromatic heterocycles. The molecule has 0 saturated heterocycles. The van der Waals surface area contributed by atoms with Crippen molar-refractivity contribution in [1.29, 1.82) is 0 Å². The molecular formula is C23H24FN5OS2. The first kappa shape index (κ1) is 21.3. The van der Waals surface area contributed by atoms with Gasteiger partial charge in [-0.05, 0) is 44.4 Å². The summed E-state index contributed by atoms with van der Waals surface area (Å²) < 4.78 is 16.7. The molecule has 0 amide bonds. The third kappa shape index (κ3) is 3.88. The average Bonchev–Trinajstić information content (AvgIpc) is 3.34. The Morgan fingerprint density at radius 1 is 1.19 bits per heavy atom. The Bertz CT molecular complexity index is 1340. The second-order valence-electron chi connectivity index (χ2n) is 8.21. The van der Waals surface area contributed by atoms with Crippen molar-refractivity contribution in [2.24, 2.45) is 0 Å². The summed E-state index contributed by atoms with van der Waals surface area (Å²) in [5.41, 5.74) is 1.35. The molecule has 0 spiro atoms. The van der Waals surface area contributed by atoms with Crippen LogP contribution in [-0.4, -0.2) is 24.7 Å². The largest absolute Gasteiger partial charge is 0.309 e. The van der Waals surface area contributed by atoms with E-state index in [-0.39, 0.29) is 17.4 Å². The Morgan fingerprint density at radius 2 is 1.97 bits per heavy atom. The van der Waals surface area contributed by atoms with Crippen LogP contribution in [0, 0.1) is 19.7 Å². The van der Waals surface area contributed by atoms with Crippen LogP contribution < -0.4 is 5.56 Å². The van der Waals surface area contributed by atoms with Crippen molar-refractivity contribution in [1.82, 2.24) is 24.7 Å². The molecule has 6 nitrogen and oxygen atoms in total. The van der Waals surface area contributed by atoms with E-state index in [1.165, 1.54) is 24.2 Å². The first-order valence-corrected chi connectivity index (χ1v) is 12.6. The summed E-state index contributed by atoms with van der Waals surface area (Å²) in [6, 6.07) is 6.95. The monoisotopic (exact) mass is 469 g/mol. The maximum Gasteiger partial charge on any atom is 0.259 e. The molecule has 1 aliphatic carbocycles. The number of aromatic nitrogens is 5. The highest BCUT2D eigenvalue weighted by Crippen LogP contribution is 2.37. The van der Waals surface area contributed by atoms with Crippen LogP contribution in [0.2, 0.25) is 0 Å². The predicted octanol–water partition coefficient (Wildman–Crippen LogP) is 5.80. The van der Waals surface area contributed by atoms with Gasteiger partial charge in [0.15, 0.2) is 11.0 Å². The molecule has 3 heterocycles. The fraction of sp³-hybridized carbons (Fsp3) is 0.391. The summed E-state index contributed by atoms with van der Waals surface area (Å²) >= 11 is 3.02. The van der Waals surface area contributed by atoms with Gasteiger partial charge in [0.1, 0.15) is 16.5 Å². The number of hydrogen-bond donors (Lipinski definition) is 1. The summed E-state index contributed by atoms with van der Waals surface area (Å²) in [5, 5.41) is 10.2. The zero-order valence-electron chi connectivity index (χ0n) is 18.0. The maximum absolute atomic E-state index is 14.6. The molecule has 0 aliphatic heterocycles. The second kappa shape index (κ2) is 8.78. The molecule has 0 unspecified atom stereocenters. The lowest BCUT2D eigenvalue weighted by atomic mass is 9.95. The summed E-state index contributed by atoms with van der Waals surface area (Å²) in [4.78, 5) is 22.1. The molecule has 166 valence electrons. The fourth-order valence-corrected chi connectivity index (χ4v) is 6.30. The van der Waals surface area contributed by atoms with Gasteiger partial charge in [0.2, 0.25) is 0 Å². The minimum Gasteiger partial charge on any atom is -0.309 e. The number of thioether (sulfide) groups is 1. The number of benzene rings is 1. The van der Waals surface area contributed by atoms with Gasteiger partial charge in [-0.3, -0.25) is 9.36 Å². The Hall–Kier alpha value is -2.52. The number of thiophene rings is 1. The second-order valence-corrected chi connectivity index (χ2v) is 10.4. The van der Waals surface area contributed by atoms with Crippen LogP contribution in [0.1, 0.15) is 54.4 Å². The van der Waals surface area contributed by atoms with Crippen LogP contribution in [0.3, 0.4) is 0 Å². The van der Waals surface area contributed by atoms with Crippen molar-refractivity contribution in [3.05, 3.63) is 56.7 Å². The minimum absolute atomic E-state index is 0.103. The zero-order valence-corrected chi connectivity index (χ0v) is 19.7. The van der Waals surface area contributed by atoms with Crippen LogP contribution in [0.4, 0.5) is 4.39 Å². The average molecular weight is 470 g/mol. The Morgan fingerprint density at radius 3 is 2.75 bits per heavy atom. The predicted molar refractivity (Wildman–Crippen MR) is 127 cm³/mol. The van der Waals surface area contributed by atoms with E-state index < -0.39 is 0 Å². The lowest BCUT2D eigenvalue weighted by Crippen LogP contribution is -2.15. The van der Waals surface area contributed by atoms with Gasteiger partial charge in [-0.25, -0.2) is 9.37 Å². The van der Waals surface area contributed by atoms with E-state index in [0.29, 0.717) is 28.4 Å². The SMILES string of the molecule is Cc1sc2nc(CSc3nnc(-c4ccccc4F)n3C3CCCCC3)[nH]c(=O)c2c1C. The van der Waals surface area contributed by atoms with Gasteiger partial charge in [0, 0.05) is 10.9 Å². The molecule has 1 aliphatic rings.